The monoisotopic (exact) mass is 444 g/mol. The topological polar surface area (TPSA) is 111 Å². The molecule has 160 valence electrons. The summed E-state index contributed by atoms with van der Waals surface area (Å²) in [7, 11) is 3.98. The standard InChI is InChI=1S/C21H17ClN2O7/c1-29-16-10-15(17(30-2)9-14(16)22)24-19(26)13(18(25)23-21(24)28)8-11-4-6-12(7-5-11)20(27)31-3/h4-10H,1-3H3,(H,23,25,28)/b13-8+. The van der Waals surface area contributed by atoms with Gasteiger partial charge in [-0.25, -0.2) is 14.5 Å². The van der Waals surface area contributed by atoms with Gasteiger partial charge in [0.25, 0.3) is 11.8 Å². The van der Waals surface area contributed by atoms with Crippen LogP contribution in [0.25, 0.3) is 6.08 Å². The van der Waals surface area contributed by atoms with E-state index in [1.54, 1.807) is 0 Å². The van der Waals surface area contributed by atoms with E-state index in [-0.39, 0.29) is 27.8 Å². The third-order valence-electron chi connectivity index (χ3n) is 4.44. The Balaban J connectivity index is 2.03. The fourth-order valence-electron chi connectivity index (χ4n) is 2.90. The highest BCUT2D eigenvalue weighted by Crippen LogP contribution is 2.39. The van der Waals surface area contributed by atoms with Gasteiger partial charge < -0.3 is 14.2 Å². The van der Waals surface area contributed by atoms with Crippen molar-refractivity contribution in [2.75, 3.05) is 26.2 Å². The molecule has 0 aliphatic carbocycles. The summed E-state index contributed by atoms with van der Waals surface area (Å²) in [6.07, 6.45) is 1.30. The average molecular weight is 445 g/mol. The number of anilines is 1. The van der Waals surface area contributed by atoms with E-state index in [1.807, 2.05) is 0 Å². The molecule has 1 saturated heterocycles. The van der Waals surface area contributed by atoms with Crippen LogP contribution >= 0.6 is 11.6 Å². The quantitative estimate of drug-likeness (QED) is 0.428. The zero-order valence-electron chi connectivity index (χ0n) is 16.7. The van der Waals surface area contributed by atoms with E-state index in [1.165, 1.54) is 63.8 Å². The Morgan fingerprint density at radius 3 is 2.23 bits per heavy atom. The van der Waals surface area contributed by atoms with Crippen molar-refractivity contribution >= 4 is 47.2 Å². The van der Waals surface area contributed by atoms with Crippen molar-refractivity contribution in [2.24, 2.45) is 0 Å². The Labute approximate surface area is 182 Å². The molecule has 1 fully saturated rings. The first-order valence-corrected chi connectivity index (χ1v) is 9.19. The number of imide groups is 2. The van der Waals surface area contributed by atoms with E-state index in [4.69, 9.17) is 21.1 Å². The van der Waals surface area contributed by atoms with Crippen LogP contribution in [0, 0.1) is 0 Å². The minimum absolute atomic E-state index is 0.0469. The number of esters is 1. The molecule has 2 aromatic rings. The molecular weight excluding hydrogens is 428 g/mol. The molecule has 4 amide bonds. The zero-order chi connectivity index (χ0) is 22.7. The molecule has 0 unspecified atom stereocenters. The molecule has 1 aliphatic heterocycles. The Hall–Kier alpha value is -3.85. The molecule has 2 aromatic carbocycles. The molecule has 1 N–H and O–H groups in total. The summed E-state index contributed by atoms with van der Waals surface area (Å²) in [5.74, 6) is -1.91. The molecule has 0 saturated carbocycles. The van der Waals surface area contributed by atoms with Gasteiger partial charge in [0.2, 0.25) is 0 Å². The lowest BCUT2D eigenvalue weighted by molar-refractivity contribution is -0.122. The molecule has 1 heterocycles. The smallest absolute Gasteiger partial charge is 0.337 e. The van der Waals surface area contributed by atoms with Crippen LogP contribution in [0.4, 0.5) is 10.5 Å². The van der Waals surface area contributed by atoms with Gasteiger partial charge in [-0.05, 0) is 23.8 Å². The highest BCUT2D eigenvalue weighted by Gasteiger charge is 2.38. The largest absolute Gasteiger partial charge is 0.495 e. The second-order valence-corrected chi connectivity index (χ2v) is 6.64. The van der Waals surface area contributed by atoms with E-state index in [0.29, 0.717) is 11.1 Å². The van der Waals surface area contributed by atoms with E-state index in [9.17, 15) is 19.2 Å². The molecule has 1 aliphatic rings. The van der Waals surface area contributed by atoms with Crippen LogP contribution in [0.5, 0.6) is 11.5 Å². The summed E-state index contributed by atoms with van der Waals surface area (Å²) < 4.78 is 15.0. The van der Waals surface area contributed by atoms with Crippen molar-refractivity contribution in [3.8, 4) is 11.5 Å². The number of methoxy groups -OCH3 is 3. The van der Waals surface area contributed by atoms with Crippen molar-refractivity contribution in [1.29, 1.82) is 0 Å². The van der Waals surface area contributed by atoms with Gasteiger partial charge in [-0.3, -0.25) is 14.9 Å². The fraction of sp³-hybridized carbons (Fsp3) is 0.143. The maximum atomic E-state index is 13.1. The zero-order valence-corrected chi connectivity index (χ0v) is 17.5. The highest BCUT2D eigenvalue weighted by atomic mass is 35.5. The van der Waals surface area contributed by atoms with Gasteiger partial charge >= 0.3 is 12.0 Å². The third-order valence-corrected chi connectivity index (χ3v) is 4.73. The minimum atomic E-state index is -0.948. The Bertz CT molecular complexity index is 1110. The molecule has 10 heteroatoms. The summed E-state index contributed by atoms with van der Waals surface area (Å²) in [6.45, 7) is 0. The molecule has 0 atom stereocenters. The molecule has 0 spiro atoms. The lowest BCUT2D eigenvalue weighted by Crippen LogP contribution is -2.54. The van der Waals surface area contributed by atoms with Crippen LogP contribution in [-0.2, 0) is 14.3 Å². The lowest BCUT2D eigenvalue weighted by Gasteiger charge is -2.28. The number of benzene rings is 2. The average Bonchev–Trinajstić information content (AvgIpc) is 2.76. The summed E-state index contributed by atoms with van der Waals surface area (Å²) in [4.78, 5) is 50.3. The predicted octanol–water partition coefficient (Wildman–Crippen LogP) is 2.81. The maximum Gasteiger partial charge on any atom is 0.337 e. The first kappa shape index (κ1) is 21.8. The lowest BCUT2D eigenvalue weighted by atomic mass is 10.1. The summed E-state index contributed by atoms with van der Waals surface area (Å²) in [5, 5.41) is 2.34. The number of ether oxygens (including phenoxy) is 3. The van der Waals surface area contributed by atoms with Gasteiger partial charge in [0.15, 0.2) is 0 Å². The Morgan fingerprint density at radius 2 is 1.65 bits per heavy atom. The number of barbiturate groups is 1. The number of urea groups is 1. The molecule has 3 rings (SSSR count). The van der Waals surface area contributed by atoms with Crippen molar-refractivity contribution in [1.82, 2.24) is 5.32 Å². The van der Waals surface area contributed by atoms with Crippen LogP contribution in [0.15, 0.2) is 42.0 Å². The molecule has 0 aromatic heterocycles. The molecule has 0 bridgehead atoms. The number of rotatable bonds is 5. The fourth-order valence-corrected chi connectivity index (χ4v) is 3.13. The van der Waals surface area contributed by atoms with Crippen molar-refractivity contribution in [2.45, 2.75) is 0 Å². The van der Waals surface area contributed by atoms with Crippen molar-refractivity contribution in [3.63, 3.8) is 0 Å². The van der Waals surface area contributed by atoms with Crippen LogP contribution < -0.4 is 19.7 Å². The predicted molar refractivity (Wildman–Crippen MR) is 111 cm³/mol. The number of nitrogens with one attached hydrogen (secondary N) is 1. The van der Waals surface area contributed by atoms with Gasteiger partial charge in [-0.15, -0.1) is 0 Å². The van der Waals surface area contributed by atoms with E-state index >= 15 is 0 Å². The van der Waals surface area contributed by atoms with Crippen LogP contribution in [0.3, 0.4) is 0 Å². The van der Waals surface area contributed by atoms with Crippen molar-refractivity contribution < 1.29 is 33.4 Å². The van der Waals surface area contributed by atoms with E-state index < -0.39 is 23.8 Å². The summed E-state index contributed by atoms with van der Waals surface area (Å²) >= 11 is 6.09. The van der Waals surface area contributed by atoms with Gasteiger partial charge in [-0.1, -0.05) is 23.7 Å². The maximum absolute atomic E-state index is 13.1. The van der Waals surface area contributed by atoms with Gasteiger partial charge in [0, 0.05) is 12.1 Å². The van der Waals surface area contributed by atoms with Crippen LogP contribution in [0.1, 0.15) is 15.9 Å². The van der Waals surface area contributed by atoms with Crippen molar-refractivity contribution in [3.05, 3.63) is 58.1 Å². The number of hydrogen-bond donors (Lipinski definition) is 1. The second kappa shape index (κ2) is 8.88. The minimum Gasteiger partial charge on any atom is -0.495 e. The Kier molecular flexibility index (Phi) is 6.26. The Morgan fingerprint density at radius 1 is 1.00 bits per heavy atom. The summed E-state index contributed by atoms with van der Waals surface area (Å²) in [5.41, 5.74) is 0.520. The molecule has 31 heavy (non-hydrogen) atoms. The van der Waals surface area contributed by atoms with Crippen LogP contribution in [-0.4, -0.2) is 45.1 Å². The SMILES string of the molecule is COC(=O)c1ccc(/C=C2\C(=O)NC(=O)N(c3cc(OC)c(Cl)cc3OC)C2=O)cc1. The number of halogens is 1. The number of nitrogens with zero attached hydrogens (tertiary/aromatic N) is 1. The summed E-state index contributed by atoms with van der Waals surface area (Å²) in [6, 6.07) is 7.84. The number of carbonyl (C=O) groups is 4. The molecular formula is C21H17ClN2O7. The number of hydrogen-bond acceptors (Lipinski definition) is 7. The second-order valence-electron chi connectivity index (χ2n) is 6.23. The molecule has 9 nitrogen and oxygen atoms in total. The normalized spacial score (nSPS) is 15.0. The number of amides is 4. The number of carbonyl (C=O) groups excluding carboxylic acids is 4. The first-order valence-electron chi connectivity index (χ1n) is 8.82. The van der Waals surface area contributed by atoms with Crippen LogP contribution in [0.2, 0.25) is 5.02 Å². The third kappa shape index (κ3) is 4.22. The van der Waals surface area contributed by atoms with E-state index in [2.05, 4.69) is 10.1 Å². The molecule has 0 radical (unpaired) electrons. The van der Waals surface area contributed by atoms with Gasteiger partial charge in [0.05, 0.1) is 37.6 Å². The first-order chi connectivity index (χ1) is 14.8. The van der Waals surface area contributed by atoms with Gasteiger partial charge in [0.1, 0.15) is 17.1 Å². The van der Waals surface area contributed by atoms with Gasteiger partial charge in [-0.2, -0.15) is 0 Å². The van der Waals surface area contributed by atoms with E-state index in [0.717, 1.165) is 4.90 Å². The highest BCUT2D eigenvalue weighted by molar-refractivity contribution is 6.39.